The van der Waals surface area contributed by atoms with E-state index in [4.69, 9.17) is 0 Å². The van der Waals surface area contributed by atoms with Crippen molar-refractivity contribution in [2.75, 3.05) is 7.11 Å². The van der Waals surface area contributed by atoms with Crippen molar-refractivity contribution in [1.29, 1.82) is 0 Å². The third-order valence-electron chi connectivity index (χ3n) is 0.899. The van der Waals surface area contributed by atoms with Gasteiger partial charge in [0, 0.05) is 7.11 Å². The Morgan fingerprint density at radius 2 is 1.67 bits per heavy atom. The molecule has 0 aliphatic carbocycles. The molecule has 0 radical (unpaired) electrons. The van der Waals surface area contributed by atoms with Gasteiger partial charge in [0.25, 0.3) is 0 Å². The van der Waals surface area contributed by atoms with Crippen LogP contribution in [0.5, 0.6) is 0 Å². The molecule has 0 rings (SSSR count). The summed E-state index contributed by atoms with van der Waals surface area (Å²) in [5.41, 5.74) is 0. The van der Waals surface area contributed by atoms with E-state index in [0.29, 0.717) is 0 Å². The zero-order chi connectivity index (χ0) is 9.28. The van der Waals surface area contributed by atoms with Crippen LogP contribution >= 0.6 is 0 Å². The molecular formula is C4H4F5KO2. The molecule has 0 saturated carbocycles. The zero-order valence-corrected chi connectivity index (χ0v) is 9.33. The maximum Gasteiger partial charge on any atom is 1.00 e. The molecule has 2 nitrogen and oxygen atoms in total. The number of rotatable bonds is 2. The fourth-order valence-corrected chi connectivity index (χ4v) is 0.307. The molecule has 0 bridgehead atoms. The third kappa shape index (κ3) is 3.00. The molecule has 0 fully saturated rings. The first-order chi connectivity index (χ1) is 4.75. The van der Waals surface area contributed by atoms with Gasteiger partial charge in [0.2, 0.25) is 0 Å². The monoisotopic (exact) mass is 218 g/mol. The van der Waals surface area contributed by atoms with Crippen LogP contribution in [0.2, 0.25) is 0 Å². The molecule has 68 valence electrons. The number of carbonyl (C=O) groups is 1. The minimum absolute atomic E-state index is 0. The van der Waals surface area contributed by atoms with Crippen molar-refractivity contribution >= 4 is 6.04 Å². The summed E-state index contributed by atoms with van der Waals surface area (Å²) in [6.45, 7) is 0. The number of hydrogen-bond acceptors (Lipinski definition) is 2. The van der Waals surface area contributed by atoms with Gasteiger partial charge in [0.1, 0.15) is 0 Å². The van der Waals surface area contributed by atoms with Gasteiger partial charge < -0.3 is 6.16 Å². The molecule has 0 aliphatic rings. The summed E-state index contributed by atoms with van der Waals surface area (Å²) in [6, 6.07) is -3.22. The van der Waals surface area contributed by atoms with Crippen LogP contribution in [0.15, 0.2) is 0 Å². The summed E-state index contributed by atoms with van der Waals surface area (Å²) in [6.07, 6.45) is -5.69. The maximum atomic E-state index is 12.1. The molecule has 0 N–H and O–H groups in total. The smallest absolute Gasteiger partial charge is 1.00 e. The van der Waals surface area contributed by atoms with Crippen molar-refractivity contribution in [1.82, 2.24) is 0 Å². The van der Waals surface area contributed by atoms with E-state index < -0.39 is 18.1 Å². The van der Waals surface area contributed by atoms with E-state index in [2.05, 4.69) is 4.74 Å². The van der Waals surface area contributed by atoms with Gasteiger partial charge in [-0.25, -0.2) is 0 Å². The van der Waals surface area contributed by atoms with Crippen molar-refractivity contribution in [2.45, 2.75) is 12.0 Å². The van der Waals surface area contributed by atoms with E-state index in [-0.39, 0.29) is 59.9 Å². The summed E-state index contributed by atoms with van der Waals surface area (Å²) < 4.78 is 60.7. The minimum atomic E-state index is -5.69. The Morgan fingerprint density at radius 3 is 1.67 bits per heavy atom. The van der Waals surface area contributed by atoms with E-state index in [1.54, 1.807) is 0 Å². The fraction of sp³-hybridized carbons (Fsp3) is 0.750. The minimum Gasteiger partial charge on any atom is -1.00 e. The summed E-state index contributed by atoms with van der Waals surface area (Å²) in [4.78, 5) is 9.46. The second-order valence-corrected chi connectivity index (χ2v) is 1.57. The van der Waals surface area contributed by atoms with Crippen LogP contribution < -0.4 is 51.4 Å². The van der Waals surface area contributed by atoms with Crippen LogP contribution in [-0.2, 0) is 9.53 Å². The summed E-state index contributed by atoms with van der Waals surface area (Å²) in [7, 11) is 0.241. The Labute approximate surface area is 108 Å². The molecule has 1 atom stereocenters. The molecule has 0 aliphatic heterocycles. The first kappa shape index (κ1) is 15.4. The molecule has 8 heteroatoms. The largest absolute Gasteiger partial charge is 1.00 e. The number of ether oxygens (including phenoxy) is 1. The molecule has 0 amide bonds. The Bertz CT molecular complexity index is 174. The molecule has 0 aromatic carbocycles. The average Bonchev–Trinajstić information content (AvgIpc) is 1.83. The third-order valence-corrected chi connectivity index (χ3v) is 0.899. The Balaban J connectivity index is -0.000000500. The van der Waals surface area contributed by atoms with Crippen molar-refractivity contribution in [3.63, 3.8) is 0 Å². The Kier molecular flexibility index (Phi) is 6.36. The van der Waals surface area contributed by atoms with Gasteiger partial charge in [-0.2, -0.15) is 22.0 Å². The van der Waals surface area contributed by atoms with Crippen molar-refractivity contribution in [3.05, 3.63) is 0 Å². The predicted molar refractivity (Wildman–Crippen MR) is 24.1 cm³/mol. The molecule has 0 heterocycles. The van der Waals surface area contributed by atoms with Crippen LogP contribution in [0.3, 0.4) is 0 Å². The first-order valence-corrected chi connectivity index (χ1v) is 2.26. The van der Waals surface area contributed by atoms with Crippen LogP contribution in [0.4, 0.5) is 22.0 Å². The number of halogens is 5. The van der Waals surface area contributed by atoms with Gasteiger partial charge in [-0.3, -0.25) is 4.79 Å². The van der Waals surface area contributed by atoms with Crippen LogP contribution in [0.1, 0.15) is 1.43 Å². The molecule has 0 spiro atoms. The normalized spacial score (nSPS) is 16.2. The van der Waals surface area contributed by atoms with E-state index in [9.17, 15) is 26.7 Å². The quantitative estimate of drug-likeness (QED) is 0.319. The topological polar surface area (TPSA) is 26.3 Å². The Morgan fingerprint density at radius 1 is 1.33 bits per heavy atom. The number of carbonyl (C=O) groups excluding carboxylic acids is 1. The van der Waals surface area contributed by atoms with Gasteiger partial charge in [0.15, 0.2) is 0 Å². The van der Waals surface area contributed by atoms with E-state index in [0.717, 1.165) is 0 Å². The summed E-state index contributed by atoms with van der Waals surface area (Å²) in [5, 5.41) is 0. The zero-order valence-electron chi connectivity index (χ0n) is 7.21. The standard InChI is InChI=1S/C4H3F5O2.K.H/c1-11-3(6,2(5)10)4(7,8)9;;/h1H3;;/q;+1;-1. The Hall–Kier alpha value is 0.916. The molecular weight excluding hydrogens is 214 g/mol. The number of hydrogen-bond donors (Lipinski definition) is 0. The summed E-state index contributed by atoms with van der Waals surface area (Å²) >= 11 is 0. The molecule has 0 aromatic heterocycles. The molecule has 0 saturated heterocycles. The predicted octanol–water partition coefficient (Wildman–Crippen LogP) is -1.53. The first-order valence-electron chi connectivity index (χ1n) is 2.26. The maximum absolute atomic E-state index is 12.1. The van der Waals surface area contributed by atoms with Crippen LogP contribution in [0, 0.1) is 0 Å². The fourth-order valence-electron chi connectivity index (χ4n) is 0.307. The van der Waals surface area contributed by atoms with Gasteiger partial charge in [-0.15, -0.1) is 0 Å². The SMILES string of the molecule is COC(F)(C(=O)F)C(F)(F)F.[H-].[K+]. The molecule has 12 heavy (non-hydrogen) atoms. The number of alkyl halides is 4. The van der Waals surface area contributed by atoms with Gasteiger partial charge in [-0.05, 0) is 0 Å². The van der Waals surface area contributed by atoms with Crippen molar-refractivity contribution in [3.8, 4) is 0 Å². The van der Waals surface area contributed by atoms with Crippen molar-refractivity contribution in [2.24, 2.45) is 0 Å². The van der Waals surface area contributed by atoms with Gasteiger partial charge >= 0.3 is 69.5 Å². The molecule has 1 unspecified atom stereocenters. The molecule has 0 aromatic rings. The number of methoxy groups -OCH3 is 1. The van der Waals surface area contributed by atoms with Crippen molar-refractivity contribution < 1.29 is 84.3 Å². The van der Waals surface area contributed by atoms with E-state index >= 15 is 0 Å². The van der Waals surface area contributed by atoms with E-state index in [1.165, 1.54) is 0 Å². The van der Waals surface area contributed by atoms with Gasteiger partial charge in [0.05, 0.1) is 0 Å². The van der Waals surface area contributed by atoms with E-state index in [1.807, 2.05) is 0 Å². The van der Waals surface area contributed by atoms with Gasteiger partial charge in [-0.1, -0.05) is 0 Å². The van der Waals surface area contributed by atoms with Crippen LogP contribution in [0.25, 0.3) is 0 Å². The summed E-state index contributed by atoms with van der Waals surface area (Å²) in [5.74, 6) is -4.83. The second-order valence-electron chi connectivity index (χ2n) is 1.57. The average molecular weight is 218 g/mol. The van der Waals surface area contributed by atoms with Crippen LogP contribution in [-0.4, -0.2) is 25.2 Å². The second kappa shape index (κ2) is 4.96.